The highest BCUT2D eigenvalue weighted by molar-refractivity contribution is 5.41. The van der Waals surface area contributed by atoms with Crippen molar-refractivity contribution in [2.45, 2.75) is 64.0 Å². The Morgan fingerprint density at radius 3 is 3.00 bits per heavy atom. The molecule has 104 valence electrons. The Morgan fingerprint density at radius 1 is 1.37 bits per heavy atom. The first-order valence-corrected chi connectivity index (χ1v) is 7.70. The molecule has 1 fully saturated rings. The van der Waals surface area contributed by atoms with Crippen LogP contribution in [-0.2, 0) is 0 Å². The van der Waals surface area contributed by atoms with Crippen LogP contribution in [0, 0.1) is 12.8 Å². The van der Waals surface area contributed by atoms with Gasteiger partial charge in [0.05, 0.1) is 0 Å². The number of fused-ring (bicyclic) bond motifs is 1. The molecule has 2 aliphatic rings. The quantitative estimate of drug-likeness (QED) is 0.823. The first-order valence-electron chi connectivity index (χ1n) is 7.70. The van der Waals surface area contributed by atoms with Gasteiger partial charge < -0.3 is 10.5 Å². The molecule has 19 heavy (non-hydrogen) atoms. The zero-order chi connectivity index (χ0) is 13.5. The largest absolute Gasteiger partial charge is 0.487 e. The van der Waals surface area contributed by atoms with Crippen LogP contribution in [0.4, 0.5) is 0 Å². The van der Waals surface area contributed by atoms with Crippen LogP contribution in [0.15, 0.2) is 18.2 Å². The first kappa shape index (κ1) is 13.0. The van der Waals surface area contributed by atoms with E-state index in [9.17, 15) is 0 Å². The van der Waals surface area contributed by atoms with E-state index in [2.05, 4.69) is 32.0 Å². The Morgan fingerprint density at radius 2 is 2.21 bits per heavy atom. The van der Waals surface area contributed by atoms with Gasteiger partial charge >= 0.3 is 0 Å². The number of nitrogens with two attached hydrogens (primary N) is 1. The lowest BCUT2D eigenvalue weighted by molar-refractivity contribution is -0.0490. The summed E-state index contributed by atoms with van der Waals surface area (Å²) in [6.07, 6.45) is 7.29. The average Bonchev–Trinajstić information content (AvgIpc) is 2.40. The summed E-state index contributed by atoms with van der Waals surface area (Å²) >= 11 is 0. The lowest BCUT2D eigenvalue weighted by Gasteiger charge is -2.48. The number of hydrogen-bond donors (Lipinski definition) is 1. The molecule has 0 amide bonds. The van der Waals surface area contributed by atoms with E-state index in [4.69, 9.17) is 10.5 Å². The predicted octanol–water partition coefficient (Wildman–Crippen LogP) is 4.12. The van der Waals surface area contributed by atoms with Gasteiger partial charge in [0.1, 0.15) is 11.4 Å². The van der Waals surface area contributed by atoms with E-state index in [1.54, 1.807) is 0 Å². The van der Waals surface area contributed by atoms with E-state index in [1.807, 2.05) is 0 Å². The molecule has 0 aromatic heterocycles. The Hall–Kier alpha value is -1.02. The van der Waals surface area contributed by atoms with E-state index in [-0.39, 0.29) is 11.6 Å². The summed E-state index contributed by atoms with van der Waals surface area (Å²) in [7, 11) is 0. The summed E-state index contributed by atoms with van der Waals surface area (Å²) in [5.74, 6) is 1.70. The van der Waals surface area contributed by atoms with Crippen molar-refractivity contribution in [3.63, 3.8) is 0 Å². The second kappa shape index (κ2) is 4.82. The molecule has 2 nitrogen and oxygen atoms in total. The number of ether oxygens (including phenoxy) is 1. The lowest BCUT2D eigenvalue weighted by atomic mass is 9.69. The van der Waals surface area contributed by atoms with Gasteiger partial charge in [-0.15, -0.1) is 0 Å². The van der Waals surface area contributed by atoms with Gasteiger partial charge in [0, 0.05) is 18.0 Å². The average molecular weight is 259 g/mol. The summed E-state index contributed by atoms with van der Waals surface area (Å²) in [4.78, 5) is 0. The van der Waals surface area contributed by atoms with E-state index in [1.165, 1.54) is 43.2 Å². The summed E-state index contributed by atoms with van der Waals surface area (Å²) in [5, 5.41) is 0. The number of hydrogen-bond acceptors (Lipinski definition) is 2. The fourth-order valence-electron chi connectivity index (χ4n) is 4.05. The monoisotopic (exact) mass is 259 g/mol. The van der Waals surface area contributed by atoms with Crippen LogP contribution >= 0.6 is 0 Å². The summed E-state index contributed by atoms with van der Waals surface area (Å²) in [5.41, 5.74) is 8.93. The van der Waals surface area contributed by atoms with Crippen molar-refractivity contribution in [3.8, 4) is 5.75 Å². The van der Waals surface area contributed by atoms with Crippen molar-refractivity contribution < 1.29 is 4.74 Å². The van der Waals surface area contributed by atoms with Crippen LogP contribution < -0.4 is 10.5 Å². The molecule has 1 aromatic carbocycles. The molecule has 3 rings (SSSR count). The third-order valence-corrected chi connectivity index (χ3v) is 5.08. The molecule has 1 aliphatic carbocycles. The Labute approximate surface area is 116 Å². The van der Waals surface area contributed by atoms with Gasteiger partial charge in [-0.3, -0.25) is 0 Å². The molecule has 1 heterocycles. The topological polar surface area (TPSA) is 35.2 Å². The zero-order valence-electron chi connectivity index (χ0n) is 12.1. The van der Waals surface area contributed by atoms with Crippen molar-refractivity contribution in [2.24, 2.45) is 11.7 Å². The Kier molecular flexibility index (Phi) is 3.30. The zero-order valence-corrected chi connectivity index (χ0v) is 12.1. The molecule has 0 radical (unpaired) electrons. The molecule has 1 saturated carbocycles. The summed E-state index contributed by atoms with van der Waals surface area (Å²) in [6, 6.07) is 6.58. The first-order chi connectivity index (χ1) is 9.14. The minimum Gasteiger partial charge on any atom is -0.487 e. The summed E-state index contributed by atoms with van der Waals surface area (Å²) in [6.45, 7) is 4.41. The molecule has 3 atom stereocenters. The molecule has 3 unspecified atom stereocenters. The van der Waals surface area contributed by atoms with Crippen molar-refractivity contribution in [1.29, 1.82) is 0 Å². The maximum Gasteiger partial charge on any atom is 0.124 e. The Bertz CT molecular complexity index is 470. The molecule has 1 spiro atoms. The second-order valence-electron chi connectivity index (χ2n) is 6.37. The van der Waals surface area contributed by atoms with Crippen LogP contribution in [0.25, 0.3) is 0 Å². The summed E-state index contributed by atoms with van der Waals surface area (Å²) < 4.78 is 6.51. The van der Waals surface area contributed by atoms with Crippen LogP contribution in [0.1, 0.15) is 62.6 Å². The number of rotatable bonds is 1. The van der Waals surface area contributed by atoms with Crippen LogP contribution in [0.2, 0.25) is 0 Å². The maximum absolute atomic E-state index is 6.51. The molecular weight excluding hydrogens is 234 g/mol. The smallest absolute Gasteiger partial charge is 0.124 e. The predicted molar refractivity (Wildman–Crippen MR) is 78.3 cm³/mol. The lowest BCUT2D eigenvalue weighted by Crippen LogP contribution is -2.50. The van der Waals surface area contributed by atoms with Crippen LogP contribution in [-0.4, -0.2) is 5.60 Å². The molecule has 2 N–H and O–H groups in total. The van der Waals surface area contributed by atoms with Gasteiger partial charge in [-0.25, -0.2) is 0 Å². The van der Waals surface area contributed by atoms with E-state index < -0.39 is 0 Å². The van der Waals surface area contributed by atoms with Gasteiger partial charge in [-0.1, -0.05) is 31.0 Å². The fraction of sp³-hybridized carbons (Fsp3) is 0.647. The molecule has 0 saturated heterocycles. The minimum atomic E-state index is 0.00861. The fourth-order valence-corrected chi connectivity index (χ4v) is 4.05. The number of aryl methyl sites for hydroxylation is 1. The molecule has 1 aliphatic heterocycles. The second-order valence-corrected chi connectivity index (χ2v) is 6.37. The van der Waals surface area contributed by atoms with Crippen molar-refractivity contribution >= 4 is 0 Å². The molecular formula is C17H25NO. The van der Waals surface area contributed by atoms with E-state index in [0.29, 0.717) is 5.92 Å². The van der Waals surface area contributed by atoms with Crippen LogP contribution in [0.3, 0.4) is 0 Å². The van der Waals surface area contributed by atoms with Crippen molar-refractivity contribution in [3.05, 3.63) is 29.3 Å². The Balaban J connectivity index is 1.97. The van der Waals surface area contributed by atoms with Crippen molar-refractivity contribution in [2.75, 3.05) is 0 Å². The van der Waals surface area contributed by atoms with Gasteiger partial charge in [-0.05, 0) is 44.6 Å². The highest BCUT2D eigenvalue weighted by Gasteiger charge is 2.46. The number of benzene rings is 1. The van der Waals surface area contributed by atoms with E-state index in [0.717, 1.165) is 12.2 Å². The highest BCUT2D eigenvalue weighted by Crippen LogP contribution is 2.49. The third kappa shape index (κ3) is 2.16. The molecule has 2 heteroatoms. The normalized spacial score (nSPS) is 33.8. The minimum absolute atomic E-state index is 0.00861. The highest BCUT2D eigenvalue weighted by atomic mass is 16.5. The third-order valence-electron chi connectivity index (χ3n) is 5.08. The van der Waals surface area contributed by atoms with Gasteiger partial charge in [-0.2, -0.15) is 0 Å². The van der Waals surface area contributed by atoms with Gasteiger partial charge in [0.15, 0.2) is 0 Å². The van der Waals surface area contributed by atoms with E-state index >= 15 is 0 Å². The van der Waals surface area contributed by atoms with Gasteiger partial charge in [0.25, 0.3) is 0 Å². The molecule has 0 bridgehead atoms. The van der Waals surface area contributed by atoms with Crippen molar-refractivity contribution in [1.82, 2.24) is 0 Å². The maximum atomic E-state index is 6.51. The SMILES string of the molecule is CCC1CCCCC12CC(N)c1cc(C)ccc1O2. The van der Waals surface area contributed by atoms with Crippen LogP contribution in [0.5, 0.6) is 5.75 Å². The standard InChI is InChI=1S/C17H25NO/c1-3-13-6-4-5-9-17(13)11-15(18)14-10-12(2)7-8-16(14)19-17/h7-8,10,13,15H,3-6,9,11,18H2,1-2H3. The van der Waals surface area contributed by atoms with Gasteiger partial charge in [0.2, 0.25) is 0 Å². The molecule has 1 aromatic rings.